The largest absolute Gasteiger partial charge is 0.382 e. The highest BCUT2D eigenvalue weighted by Gasteiger charge is 2.22. The van der Waals surface area contributed by atoms with Crippen molar-refractivity contribution in [3.63, 3.8) is 0 Å². The maximum atomic E-state index is 12.2. The highest BCUT2D eigenvalue weighted by atomic mass is 16.1. The van der Waals surface area contributed by atoms with Gasteiger partial charge in [0.15, 0.2) is 0 Å². The fourth-order valence-electron chi connectivity index (χ4n) is 3.23. The van der Waals surface area contributed by atoms with Crippen molar-refractivity contribution in [2.45, 2.75) is 26.2 Å². The summed E-state index contributed by atoms with van der Waals surface area (Å²) in [6.07, 6.45) is 3.79. The number of amides is 1. The van der Waals surface area contributed by atoms with Crippen LogP contribution < -0.4 is 16.0 Å². The Morgan fingerprint density at radius 1 is 1.25 bits per heavy atom. The highest BCUT2D eigenvalue weighted by Crippen LogP contribution is 2.30. The Hall–Kier alpha value is -1.71. The number of nitrogens with one attached hydrogen (secondary N) is 3. The second-order valence-corrected chi connectivity index (χ2v) is 6.11. The lowest BCUT2D eigenvalue weighted by Gasteiger charge is -2.20. The van der Waals surface area contributed by atoms with Crippen molar-refractivity contribution in [2.75, 3.05) is 30.3 Å². The van der Waals surface area contributed by atoms with Crippen molar-refractivity contribution in [3.8, 4) is 0 Å². The van der Waals surface area contributed by atoms with Gasteiger partial charge < -0.3 is 16.0 Å². The number of benzene rings is 1. The Balaban J connectivity index is 1.59. The van der Waals surface area contributed by atoms with Crippen LogP contribution in [0, 0.1) is 11.8 Å². The molecule has 4 heteroatoms. The van der Waals surface area contributed by atoms with E-state index in [0.717, 1.165) is 42.5 Å². The molecule has 2 unspecified atom stereocenters. The van der Waals surface area contributed by atoms with Crippen molar-refractivity contribution < 1.29 is 4.79 Å². The third-order valence-corrected chi connectivity index (χ3v) is 4.39. The van der Waals surface area contributed by atoms with E-state index >= 15 is 0 Å². The number of hydrogen-bond donors (Lipinski definition) is 3. The van der Waals surface area contributed by atoms with Gasteiger partial charge in [-0.15, -0.1) is 0 Å². The van der Waals surface area contributed by atoms with E-state index in [0.29, 0.717) is 5.92 Å². The lowest BCUT2D eigenvalue weighted by atomic mass is 10.1. The van der Waals surface area contributed by atoms with E-state index in [4.69, 9.17) is 0 Å². The summed E-state index contributed by atoms with van der Waals surface area (Å²) in [7, 11) is 0. The van der Waals surface area contributed by atoms with Gasteiger partial charge in [-0.3, -0.25) is 4.79 Å². The second kappa shape index (κ2) is 5.73. The van der Waals surface area contributed by atoms with E-state index in [1.165, 1.54) is 19.3 Å². The average molecular weight is 273 g/mol. The molecule has 0 radical (unpaired) electrons. The zero-order chi connectivity index (χ0) is 13.9. The fraction of sp³-hybridized carbons (Fsp3) is 0.562. The predicted molar refractivity (Wildman–Crippen MR) is 82.3 cm³/mol. The number of hydrogen-bond acceptors (Lipinski definition) is 3. The first-order chi connectivity index (χ1) is 9.72. The second-order valence-electron chi connectivity index (χ2n) is 6.11. The summed E-state index contributed by atoms with van der Waals surface area (Å²) in [6, 6.07) is 5.81. The Morgan fingerprint density at radius 3 is 2.80 bits per heavy atom. The Bertz CT molecular complexity index is 500. The highest BCUT2D eigenvalue weighted by molar-refractivity contribution is 5.96. The Labute approximate surface area is 120 Å². The van der Waals surface area contributed by atoms with E-state index < -0.39 is 0 Å². The predicted octanol–water partition coefficient (Wildman–Crippen LogP) is 2.69. The Kier molecular flexibility index (Phi) is 3.81. The summed E-state index contributed by atoms with van der Waals surface area (Å²) in [5, 5.41) is 9.72. The van der Waals surface area contributed by atoms with Gasteiger partial charge in [0.05, 0.1) is 11.4 Å². The molecule has 0 bridgehead atoms. The number of anilines is 2. The molecule has 0 aromatic heterocycles. The van der Waals surface area contributed by atoms with Crippen LogP contribution in [0.4, 0.5) is 11.4 Å². The minimum absolute atomic E-state index is 0.0414. The number of carbonyl (C=O) groups excluding carboxylic acids is 1. The number of fused-ring (bicyclic) bond motifs is 1. The monoisotopic (exact) mass is 273 g/mol. The van der Waals surface area contributed by atoms with Gasteiger partial charge in [-0.25, -0.2) is 0 Å². The van der Waals surface area contributed by atoms with Crippen LogP contribution in [-0.2, 0) is 0 Å². The van der Waals surface area contributed by atoms with Crippen molar-refractivity contribution in [2.24, 2.45) is 11.8 Å². The number of carbonyl (C=O) groups is 1. The first kappa shape index (κ1) is 13.3. The van der Waals surface area contributed by atoms with Crippen LogP contribution in [0.3, 0.4) is 0 Å². The molecule has 3 rings (SSSR count). The first-order valence-electron chi connectivity index (χ1n) is 7.62. The van der Waals surface area contributed by atoms with Crippen molar-refractivity contribution >= 4 is 17.3 Å². The maximum absolute atomic E-state index is 12.2. The fourth-order valence-corrected chi connectivity index (χ4v) is 3.23. The van der Waals surface area contributed by atoms with Crippen LogP contribution in [0.15, 0.2) is 18.2 Å². The molecule has 20 heavy (non-hydrogen) atoms. The molecule has 2 aliphatic rings. The molecule has 1 heterocycles. The molecule has 0 spiro atoms. The lowest BCUT2D eigenvalue weighted by molar-refractivity contribution is 0.0947. The third-order valence-electron chi connectivity index (χ3n) is 4.39. The molecule has 4 nitrogen and oxygen atoms in total. The van der Waals surface area contributed by atoms with E-state index in [9.17, 15) is 4.79 Å². The van der Waals surface area contributed by atoms with Gasteiger partial charge in [0.1, 0.15) is 0 Å². The van der Waals surface area contributed by atoms with E-state index in [1.54, 1.807) is 0 Å². The molecule has 1 aliphatic heterocycles. The first-order valence-corrected chi connectivity index (χ1v) is 7.62. The van der Waals surface area contributed by atoms with Crippen molar-refractivity contribution in [1.29, 1.82) is 0 Å². The Morgan fingerprint density at radius 2 is 2.05 bits per heavy atom. The summed E-state index contributed by atoms with van der Waals surface area (Å²) in [5.41, 5.74) is 2.85. The molecular formula is C16H23N3O. The van der Waals surface area contributed by atoms with Gasteiger partial charge in [0, 0.05) is 25.2 Å². The smallest absolute Gasteiger partial charge is 0.251 e. The van der Waals surface area contributed by atoms with Crippen molar-refractivity contribution in [3.05, 3.63) is 23.8 Å². The molecule has 2 atom stereocenters. The molecule has 108 valence electrons. The molecule has 3 N–H and O–H groups in total. The number of rotatable bonds is 3. The summed E-state index contributed by atoms with van der Waals surface area (Å²) >= 11 is 0. The van der Waals surface area contributed by atoms with Crippen LogP contribution in [0.2, 0.25) is 0 Å². The van der Waals surface area contributed by atoms with Gasteiger partial charge in [0.25, 0.3) is 5.91 Å². The standard InChI is InChI=1S/C16H23N3O/c1-11-2-3-12(8-11)10-19-16(20)13-4-5-14-15(9-13)18-7-6-17-14/h4-5,9,11-12,17-18H,2-3,6-8,10H2,1H3,(H,19,20). The minimum Gasteiger partial charge on any atom is -0.382 e. The summed E-state index contributed by atoms with van der Waals surface area (Å²) in [4.78, 5) is 12.2. The summed E-state index contributed by atoms with van der Waals surface area (Å²) in [5.74, 6) is 1.52. The normalized spacial score (nSPS) is 24.4. The quantitative estimate of drug-likeness (QED) is 0.793. The van der Waals surface area contributed by atoms with Crippen LogP contribution in [0.25, 0.3) is 0 Å². The molecule has 1 aromatic carbocycles. The molecular weight excluding hydrogens is 250 g/mol. The van der Waals surface area contributed by atoms with Gasteiger partial charge in [0.2, 0.25) is 0 Å². The van der Waals surface area contributed by atoms with Crippen LogP contribution >= 0.6 is 0 Å². The van der Waals surface area contributed by atoms with Crippen LogP contribution in [0.1, 0.15) is 36.5 Å². The van der Waals surface area contributed by atoms with Crippen LogP contribution in [-0.4, -0.2) is 25.5 Å². The molecule has 1 amide bonds. The van der Waals surface area contributed by atoms with Gasteiger partial charge in [-0.1, -0.05) is 13.3 Å². The van der Waals surface area contributed by atoms with Gasteiger partial charge in [-0.05, 0) is 42.9 Å². The third kappa shape index (κ3) is 2.89. The molecule has 0 saturated heterocycles. The van der Waals surface area contributed by atoms with E-state index in [2.05, 4.69) is 22.9 Å². The van der Waals surface area contributed by atoms with Crippen molar-refractivity contribution in [1.82, 2.24) is 5.32 Å². The molecule has 1 saturated carbocycles. The lowest BCUT2D eigenvalue weighted by Crippen LogP contribution is -2.29. The van der Waals surface area contributed by atoms with Gasteiger partial charge >= 0.3 is 0 Å². The minimum atomic E-state index is 0.0414. The zero-order valence-electron chi connectivity index (χ0n) is 12.0. The van der Waals surface area contributed by atoms with E-state index in [-0.39, 0.29) is 5.91 Å². The zero-order valence-corrected chi connectivity index (χ0v) is 12.0. The average Bonchev–Trinajstić information content (AvgIpc) is 2.90. The summed E-state index contributed by atoms with van der Waals surface area (Å²) in [6.45, 7) is 4.94. The topological polar surface area (TPSA) is 53.2 Å². The maximum Gasteiger partial charge on any atom is 0.251 e. The SMILES string of the molecule is CC1CCC(CNC(=O)c2ccc3c(c2)NCCN3)C1. The summed E-state index contributed by atoms with van der Waals surface area (Å²) < 4.78 is 0. The van der Waals surface area contributed by atoms with Gasteiger partial charge in [-0.2, -0.15) is 0 Å². The van der Waals surface area contributed by atoms with E-state index in [1.807, 2.05) is 18.2 Å². The van der Waals surface area contributed by atoms with Crippen LogP contribution in [0.5, 0.6) is 0 Å². The molecule has 1 aromatic rings. The molecule has 1 fully saturated rings. The molecule has 1 aliphatic carbocycles.